The van der Waals surface area contributed by atoms with Gasteiger partial charge in [0.1, 0.15) is 13.1 Å². The van der Waals surface area contributed by atoms with Gasteiger partial charge in [-0.2, -0.15) is 0 Å². The molecule has 0 fully saturated rings. The lowest BCUT2D eigenvalue weighted by molar-refractivity contribution is -0.728. The van der Waals surface area contributed by atoms with Gasteiger partial charge in [0.15, 0.2) is 13.2 Å². The van der Waals surface area contributed by atoms with Crippen LogP contribution in [0, 0.1) is 0 Å². The predicted octanol–water partition coefficient (Wildman–Crippen LogP) is 1.15. The highest BCUT2D eigenvalue weighted by molar-refractivity contribution is 7.50. The molecule has 2 aromatic rings. The summed E-state index contributed by atoms with van der Waals surface area (Å²) in [5, 5.41) is 5.14. The lowest BCUT2D eigenvalue weighted by atomic mass is 10.1. The number of fused-ring (bicyclic) bond motifs is 1. The van der Waals surface area contributed by atoms with E-state index in [1.54, 1.807) is 24.9 Å². The minimum Gasteiger partial charge on any atom is -0.778 e. The molecule has 5 nitrogen and oxygen atoms in total. The number of hydrogen-bond donors (Lipinski definition) is 0. The molecule has 1 atom stereocenters. The first-order valence-corrected chi connectivity index (χ1v) is 7.44. The number of rotatable bonds is 4. The van der Waals surface area contributed by atoms with Crippen molar-refractivity contribution in [2.24, 2.45) is 7.05 Å². The molecule has 0 aliphatic heterocycles. The van der Waals surface area contributed by atoms with Crippen LogP contribution in [-0.2, 0) is 22.3 Å². The summed E-state index contributed by atoms with van der Waals surface area (Å²) in [6.07, 6.45) is 1.60. The van der Waals surface area contributed by atoms with Crippen LogP contribution in [0.1, 0.15) is 12.5 Å². The quantitative estimate of drug-likeness (QED) is 0.615. The van der Waals surface area contributed by atoms with E-state index in [0.29, 0.717) is 5.56 Å². The summed E-state index contributed by atoms with van der Waals surface area (Å²) in [5.41, 5.74) is 1.48. The first-order chi connectivity index (χ1) is 8.52. The van der Waals surface area contributed by atoms with E-state index in [2.05, 4.69) is 5.10 Å². The first-order valence-electron chi connectivity index (χ1n) is 5.71. The van der Waals surface area contributed by atoms with Crippen molar-refractivity contribution in [1.29, 1.82) is 0 Å². The van der Waals surface area contributed by atoms with E-state index in [1.165, 1.54) is 0 Å². The van der Waals surface area contributed by atoms with Gasteiger partial charge in [0.2, 0.25) is 0 Å². The molecule has 1 heterocycles. The molecule has 1 aromatic carbocycles. The Morgan fingerprint density at radius 2 is 2.17 bits per heavy atom. The highest BCUT2D eigenvalue weighted by atomic mass is 31.2. The fourth-order valence-electron chi connectivity index (χ4n) is 1.90. The minimum absolute atomic E-state index is 0.113. The third-order valence-electron chi connectivity index (χ3n) is 2.55. The number of nitrogens with zero attached hydrogens (tertiary/aromatic N) is 2. The molecule has 1 unspecified atom stereocenters. The van der Waals surface area contributed by atoms with E-state index in [0.717, 1.165) is 10.9 Å². The summed E-state index contributed by atoms with van der Waals surface area (Å²) >= 11 is 0. The maximum absolute atomic E-state index is 11.7. The van der Waals surface area contributed by atoms with Crippen LogP contribution in [0.15, 0.2) is 30.5 Å². The van der Waals surface area contributed by atoms with E-state index in [-0.39, 0.29) is 12.8 Å². The molecular formula is C12H15N2O3P. The van der Waals surface area contributed by atoms with Crippen molar-refractivity contribution < 1.29 is 18.7 Å². The Morgan fingerprint density at radius 1 is 1.44 bits per heavy atom. The van der Waals surface area contributed by atoms with Crippen LogP contribution in [0.5, 0.6) is 0 Å². The summed E-state index contributed by atoms with van der Waals surface area (Å²) in [6, 6.07) is 7.46. The van der Waals surface area contributed by atoms with Crippen LogP contribution in [0.4, 0.5) is 0 Å². The van der Waals surface area contributed by atoms with Gasteiger partial charge in [0.05, 0.1) is 6.61 Å². The SMILES string of the molecule is CCOP(=O)([O-])Cc1c[n+](C)nc2ccccc12. The molecular weight excluding hydrogens is 251 g/mol. The highest BCUT2D eigenvalue weighted by Crippen LogP contribution is 2.41. The molecule has 96 valence electrons. The van der Waals surface area contributed by atoms with E-state index in [9.17, 15) is 9.46 Å². The van der Waals surface area contributed by atoms with Crippen LogP contribution in [0.25, 0.3) is 10.9 Å². The highest BCUT2D eigenvalue weighted by Gasteiger charge is 2.15. The Labute approximate surface area is 106 Å². The third-order valence-corrected chi connectivity index (χ3v) is 3.93. The average molecular weight is 266 g/mol. The molecule has 0 N–H and O–H groups in total. The molecule has 0 amide bonds. The van der Waals surface area contributed by atoms with Crippen molar-refractivity contribution in [1.82, 2.24) is 5.10 Å². The maximum Gasteiger partial charge on any atom is 0.200 e. The molecule has 0 saturated carbocycles. The second-order valence-corrected chi connectivity index (χ2v) is 5.83. The summed E-state index contributed by atoms with van der Waals surface area (Å²) in [4.78, 5) is 11.7. The van der Waals surface area contributed by atoms with Crippen LogP contribution in [-0.4, -0.2) is 11.7 Å². The van der Waals surface area contributed by atoms with Crippen LogP contribution >= 0.6 is 7.60 Å². The molecule has 0 saturated heterocycles. The topological polar surface area (TPSA) is 66.1 Å². The van der Waals surface area contributed by atoms with Gasteiger partial charge in [-0.05, 0) is 18.1 Å². The molecule has 18 heavy (non-hydrogen) atoms. The van der Waals surface area contributed by atoms with Gasteiger partial charge in [-0.25, -0.2) is 0 Å². The predicted molar refractivity (Wildman–Crippen MR) is 65.9 cm³/mol. The van der Waals surface area contributed by atoms with Crippen molar-refractivity contribution in [2.75, 3.05) is 6.61 Å². The van der Waals surface area contributed by atoms with Crippen LogP contribution < -0.4 is 9.58 Å². The second kappa shape index (κ2) is 5.14. The maximum atomic E-state index is 11.7. The molecule has 2 rings (SSSR count). The third kappa shape index (κ3) is 2.93. The zero-order valence-corrected chi connectivity index (χ0v) is 11.3. The lowest BCUT2D eigenvalue weighted by Crippen LogP contribution is -2.33. The molecule has 0 radical (unpaired) electrons. The fourth-order valence-corrected chi connectivity index (χ4v) is 3.06. The Bertz CT molecular complexity index is 615. The molecule has 1 aromatic heterocycles. The van der Waals surface area contributed by atoms with Gasteiger partial charge in [0, 0.05) is 17.1 Å². The first kappa shape index (κ1) is 13.1. The average Bonchev–Trinajstić information content (AvgIpc) is 2.28. The Morgan fingerprint density at radius 3 is 2.89 bits per heavy atom. The smallest absolute Gasteiger partial charge is 0.200 e. The van der Waals surface area contributed by atoms with Crippen molar-refractivity contribution >= 4 is 18.5 Å². The van der Waals surface area contributed by atoms with Gasteiger partial charge in [-0.15, -0.1) is 0 Å². The van der Waals surface area contributed by atoms with Crippen molar-refractivity contribution in [2.45, 2.75) is 13.1 Å². The Balaban J connectivity index is 2.47. The Kier molecular flexibility index (Phi) is 3.76. The van der Waals surface area contributed by atoms with Gasteiger partial charge >= 0.3 is 0 Å². The van der Waals surface area contributed by atoms with Gasteiger partial charge < -0.3 is 14.0 Å². The number of benzene rings is 1. The monoisotopic (exact) mass is 266 g/mol. The summed E-state index contributed by atoms with van der Waals surface area (Å²) < 4.78 is 18.1. The van der Waals surface area contributed by atoms with E-state index in [4.69, 9.17) is 4.52 Å². The van der Waals surface area contributed by atoms with Gasteiger partial charge in [-0.3, -0.25) is 0 Å². The zero-order valence-electron chi connectivity index (χ0n) is 10.4. The summed E-state index contributed by atoms with van der Waals surface area (Å²) in [6.45, 7) is 1.82. The number of aromatic nitrogens is 2. The second-order valence-electron chi connectivity index (χ2n) is 4.03. The van der Waals surface area contributed by atoms with Crippen LogP contribution in [0.3, 0.4) is 0 Å². The van der Waals surface area contributed by atoms with E-state index < -0.39 is 7.60 Å². The summed E-state index contributed by atoms with van der Waals surface area (Å²) in [5.74, 6) is 0. The normalized spacial score (nSPS) is 14.6. The fraction of sp³-hybridized carbons (Fsp3) is 0.333. The van der Waals surface area contributed by atoms with Crippen molar-refractivity contribution in [3.8, 4) is 0 Å². The van der Waals surface area contributed by atoms with Crippen LogP contribution in [0.2, 0.25) is 0 Å². The minimum atomic E-state index is -3.83. The number of aryl methyl sites for hydroxylation is 1. The summed E-state index contributed by atoms with van der Waals surface area (Å²) in [7, 11) is -2.06. The van der Waals surface area contributed by atoms with Gasteiger partial charge in [0.25, 0.3) is 0 Å². The van der Waals surface area contributed by atoms with Gasteiger partial charge in [-0.1, -0.05) is 22.9 Å². The van der Waals surface area contributed by atoms with E-state index >= 15 is 0 Å². The van der Waals surface area contributed by atoms with Crippen molar-refractivity contribution in [3.63, 3.8) is 0 Å². The Hall–Kier alpha value is -1.29. The lowest BCUT2D eigenvalue weighted by Gasteiger charge is -2.22. The zero-order chi connectivity index (χ0) is 13.2. The molecule has 0 spiro atoms. The van der Waals surface area contributed by atoms with E-state index in [1.807, 2.05) is 24.3 Å². The number of hydrogen-bond acceptors (Lipinski definition) is 4. The molecule has 6 heteroatoms. The molecule has 0 aliphatic rings. The standard InChI is InChI=1S/C12H15N2O3P/c1-3-17-18(15,16)9-10-8-14(2)13-12-7-5-4-6-11(10)12/h4-8H,3,9H2,1-2H3. The van der Waals surface area contributed by atoms with Crippen molar-refractivity contribution in [3.05, 3.63) is 36.0 Å². The molecule has 0 aliphatic carbocycles. The molecule has 0 bridgehead atoms. The largest absolute Gasteiger partial charge is 0.778 e.